The Morgan fingerprint density at radius 2 is 0.983 bits per heavy atom. The van der Waals surface area contributed by atoms with Crippen molar-refractivity contribution in [2.45, 2.75) is 274 Å². The van der Waals surface area contributed by atoms with Crippen LogP contribution >= 0.6 is 0 Å². The predicted octanol–water partition coefficient (Wildman–Crippen LogP) is 8.45. The van der Waals surface area contributed by atoms with Gasteiger partial charge < -0.3 is 50.5 Å². The van der Waals surface area contributed by atoms with Gasteiger partial charge in [-0.15, -0.1) is 0 Å². The molecule has 11 nitrogen and oxygen atoms in total. The highest BCUT2D eigenvalue weighted by atomic mass is 16.7. The Balaban J connectivity index is 2.14. The van der Waals surface area contributed by atoms with Crippen LogP contribution in [0.3, 0.4) is 0 Å². The summed E-state index contributed by atoms with van der Waals surface area (Å²) >= 11 is 0. The lowest BCUT2D eigenvalue weighted by Crippen LogP contribution is -2.60. The van der Waals surface area contributed by atoms with E-state index in [-0.39, 0.29) is 6.42 Å². The molecule has 350 valence electrons. The fourth-order valence-electron chi connectivity index (χ4n) is 7.96. The second-order valence-corrected chi connectivity index (χ2v) is 17.5. The number of amides is 1. The molecule has 1 amide bonds. The molecule has 1 aliphatic heterocycles. The summed E-state index contributed by atoms with van der Waals surface area (Å²) in [6.45, 7) is 3.30. The number of carbonyl (C=O) groups is 1. The van der Waals surface area contributed by atoms with Crippen LogP contribution in [0.25, 0.3) is 0 Å². The number of ether oxygens (including phenoxy) is 2. The van der Waals surface area contributed by atoms with E-state index in [0.717, 1.165) is 38.5 Å². The van der Waals surface area contributed by atoms with Crippen molar-refractivity contribution in [3.8, 4) is 0 Å². The average molecular weight is 844 g/mol. The van der Waals surface area contributed by atoms with Crippen LogP contribution in [0.5, 0.6) is 0 Å². The van der Waals surface area contributed by atoms with Crippen molar-refractivity contribution in [3.05, 3.63) is 12.2 Å². The van der Waals surface area contributed by atoms with E-state index < -0.39 is 74.2 Å². The van der Waals surface area contributed by atoms with Gasteiger partial charge in [0, 0.05) is 0 Å². The largest absolute Gasteiger partial charge is 0.394 e. The maximum absolute atomic E-state index is 13.0. The summed E-state index contributed by atoms with van der Waals surface area (Å²) in [6.07, 6.45) is 30.9. The smallest absolute Gasteiger partial charge is 0.249 e. The van der Waals surface area contributed by atoms with E-state index in [2.05, 4.69) is 31.3 Å². The molecule has 1 rings (SSSR count). The highest BCUT2D eigenvalue weighted by molar-refractivity contribution is 5.80. The number of hydrogen-bond donors (Lipinski definition) is 8. The van der Waals surface area contributed by atoms with E-state index in [4.69, 9.17) is 9.47 Å². The molecule has 1 heterocycles. The normalized spacial score (nSPS) is 21.8. The lowest BCUT2D eigenvalue weighted by atomic mass is 9.98. The maximum atomic E-state index is 13.0. The van der Waals surface area contributed by atoms with Crippen molar-refractivity contribution >= 4 is 5.91 Å². The number of aliphatic hydroxyl groups excluding tert-OH is 7. The van der Waals surface area contributed by atoms with Crippen molar-refractivity contribution in [2.75, 3.05) is 13.2 Å². The van der Waals surface area contributed by atoms with Gasteiger partial charge in [-0.1, -0.05) is 193 Å². The van der Waals surface area contributed by atoms with Gasteiger partial charge in [-0.2, -0.15) is 0 Å². The number of hydrogen-bond acceptors (Lipinski definition) is 10. The Morgan fingerprint density at radius 1 is 0.576 bits per heavy atom. The maximum Gasteiger partial charge on any atom is 0.249 e. The molecular formula is C48H93NO10. The van der Waals surface area contributed by atoms with Gasteiger partial charge >= 0.3 is 0 Å². The molecule has 0 aromatic carbocycles. The van der Waals surface area contributed by atoms with E-state index in [1.807, 2.05) is 0 Å². The van der Waals surface area contributed by atoms with Gasteiger partial charge in [0.05, 0.1) is 25.4 Å². The molecule has 8 N–H and O–H groups in total. The highest BCUT2D eigenvalue weighted by Crippen LogP contribution is 2.23. The second-order valence-electron chi connectivity index (χ2n) is 17.5. The quantitative estimate of drug-likeness (QED) is 0.0219. The fourth-order valence-corrected chi connectivity index (χ4v) is 7.96. The second kappa shape index (κ2) is 38.5. The van der Waals surface area contributed by atoms with Crippen molar-refractivity contribution < 1.29 is 50.0 Å². The summed E-state index contributed by atoms with van der Waals surface area (Å²) < 4.78 is 11.0. The lowest BCUT2D eigenvalue weighted by molar-refractivity contribution is -0.303. The Hall–Kier alpha value is -1.15. The van der Waals surface area contributed by atoms with Gasteiger partial charge in [0.25, 0.3) is 0 Å². The van der Waals surface area contributed by atoms with E-state index in [1.54, 1.807) is 0 Å². The third-order valence-corrected chi connectivity index (χ3v) is 12.1. The van der Waals surface area contributed by atoms with E-state index in [0.29, 0.717) is 19.3 Å². The molecule has 0 saturated carbocycles. The SMILES string of the molecule is CCCCCCCCCCCCCC/C=C\CCCCCCCCCCCCCCC(O)C(=O)NC(COC1OC(CO)C(O)C(O)C1O)C(O)C(O)CCCCCC. The van der Waals surface area contributed by atoms with Crippen LogP contribution in [0.15, 0.2) is 12.2 Å². The number of carbonyl (C=O) groups excluding carboxylic acids is 1. The Bertz CT molecular complexity index is 970. The van der Waals surface area contributed by atoms with Crippen LogP contribution in [0.2, 0.25) is 0 Å². The van der Waals surface area contributed by atoms with Crippen LogP contribution in [0, 0.1) is 0 Å². The molecule has 0 radical (unpaired) electrons. The van der Waals surface area contributed by atoms with Gasteiger partial charge in [0.2, 0.25) is 5.91 Å². The number of rotatable bonds is 41. The Kier molecular flexibility index (Phi) is 36.5. The van der Waals surface area contributed by atoms with Gasteiger partial charge in [-0.05, 0) is 38.5 Å². The molecule has 0 aromatic rings. The monoisotopic (exact) mass is 844 g/mol. The number of aliphatic hydroxyl groups is 7. The van der Waals surface area contributed by atoms with Crippen LogP contribution in [-0.2, 0) is 14.3 Å². The minimum absolute atomic E-state index is 0.261. The zero-order valence-corrected chi connectivity index (χ0v) is 37.7. The van der Waals surface area contributed by atoms with Crippen molar-refractivity contribution in [2.24, 2.45) is 0 Å². The summed E-state index contributed by atoms with van der Waals surface area (Å²) in [4.78, 5) is 13.0. The molecule has 0 aromatic heterocycles. The third-order valence-electron chi connectivity index (χ3n) is 12.1. The summed E-state index contributed by atoms with van der Waals surface area (Å²) in [5.74, 6) is -0.703. The number of nitrogens with one attached hydrogen (secondary N) is 1. The van der Waals surface area contributed by atoms with Crippen LogP contribution in [0.4, 0.5) is 0 Å². The summed E-state index contributed by atoms with van der Waals surface area (Å²) in [5.41, 5.74) is 0. The van der Waals surface area contributed by atoms with E-state index in [9.17, 15) is 40.5 Å². The van der Waals surface area contributed by atoms with Crippen molar-refractivity contribution in [1.29, 1.82) is 0 Å². The van der Waals surface area contributed by atoms with Crippen LogP contribution in [0.1, 0.15) is 219 Å². The molecule has 11 heteroatoms. The predicted molar refractivity (Wildman–Crippen MR) is 238 cm³/mol. The standard InChI is InChI=1S/C48H93NO10/c1-3-5-7-9-10-11-12-13-14-15-16-17-18-19-20-21-22-23-24-25-26-27-28-29-30-31-32-34-36-41(52)47(57)49-39(43(53)40(51)35-33-8-6-4-2)38-58-48-46(56)45(55)44(54)42(37-50)59-48/h19-20,39-46,48,50-56H,3-18,21-38H2,1-2H3,(H,49,57)/b20-19-. The molecule has 0 spiro atoms. The molecule has 1 fully saturated rings. The van der Waals surface area contributed by atoms with E-state index >= 15 is 0 Å². The van der Waals surface area contributed by atoms with Crippen LogP contribution in [-0.4, -0.2) is 110 Å². The average Bonchev–Trinajstić information content (AvgIpc) is 3.24. The number of allylic oxidation sites excluding steroid dienone is 2. The molecule has 0 bridgehead atoms. The molecule has 0 aliphatic carbocycles. The fraction of sp³-hybridized carbons (Fsp3) is 0.938. The van der Waals surface area contributed by atoms with Crippen LogP contribution < -0.4 is 5.32 Å². The number of unbranched alkanes of at least 4 members (excludes halogenated alkanes) is 27. The van der Waals surface area contributed by atoms with Gasteiger partial charge in [-0.25, -0.2) is 0 Å². The topological polar surface area (TPSA) is 189 Å². The molecule has 59 heavy (non-hydrogen) atoms. The van der Waals surface area contributed by atoms with Gasteiger partial charge in [0.15, 0.2) is 6.29 Å². The van der Waals surface area contributed by atoms with Gasteiger partial charge in [0.1, 0.15) is 36.6 Å². The minimum Gasteiger partial charge on any atom is -0.394 e. The first kappa shape index (κ1) is 55.9. The Morgan fingerprint density at radius 3 is 1.44 bits per heavy atom. The third kappa shape index (κ3) is 28.2. The summed E-state index contributed by atoms with van der Waals surface area (Å²) in [5, 5.41) is 74.9. The molecular weight excluding hydrogens is 751 g/mol. The summed E-state index contributed by atoms with van der Waals surface area (Å²) in [7, 11) is 0. The van der Waals surface area contributed by atoms with Gasteiger partial charge in [-0.3, -0.25) is 4.79 Å². The zero-order chi connectivity index (χ0) is 43.4. The first-order valence-electron chi connectivity index (χ1n) is 24.6. The molecule has 1 saturated heterocycles. The molecule has 9 atom stereocenters. The van der Waals surface area contributed by atoms with Crippen molar-refractivity contribution in [1.82, 2.24) is 5.32 Å². The minimum atomic E-state index is -1.66. The lowest BCUT2D eigenvalue weighted by Gasteiger charge is -2.40. The zero-order valence-electron chi connectivity index (χ0n) is 37.7. The highest BCUT2D eigenvalue weighted by Gasteiger charge is 2.44. The Labute approximate surface area is 360 Å². The molecule has 9 unspecified atom stereocenters. The first-order chi connectivity index (χ1) is 28.7. The summed E-state index contributed by atoms with van der Waals surface area (Å²) in [6, 6.07) is -1.16. The van der Waals surface area contributed by atoms with E-state index in [1.165, 1.54) is 141 Å². The molecule has 1 aliphatic rings. The van der Waals surface area contributed by atoms with Crippen molar-refractivity contribution in [3.63, 3.8) is 0 Å². The first-order valence-corrected chi connectivity index (χ1v) is 24.6.